The Hall–Kier alpha value is -0.870. The van der Waals surface area contributed by atoms with E-state index in [0.717, 1.165) is 13.0 Å². The monoisotopic (exact) mass is 225 g/mol. The maximum atomic E-state index is 11.0. The first kappa shape index (κ1) is 10.6. The van der Waals surface area contributed by atoms with Crippen molar-refractivity contribution in [1.82, 2.24) is 5.32 Å². The van der Waals surface area contributed by atoms with Gasteiger partial charge < -0.3 is 10.4 Å². The van der Waals surface area contributed by atoms with E-state index in [1.165, 1.54) is 9.75 Å². The second-order valence-electron chi connectivity index (χ2n) is 3.87. The van der Waals surface area contributed by atoms with Crippen molar-refractivity contribution in [2.24, 2.45) is 5.92 Å². The summed E-state index contributed by atoms with van der Waals surface area (Å²) in [7, 11) is 0. The molecule has 1 aliphatic rings. The van der Waals surface area contributed by atoms with Crippen LogP contribution in [0, 0.1) is 5.92 Å². The smallest absolute Gasteiger partial charge is 0.308 e. The Bertz CT molecular complexity index is 361. The molecule has 0 aliphatic carbocycles. The Morgan fingerprint density at radius 2 is 2.40 bits per heavy atom. The molecular weight excluding hydrogens is 210 g/mol. The van der Waals surface area contributed by atoms with Crippen molar-refractivity contribution >= 4 is 17.3 Å². The Morgan fingerprint density at radius 3 is 3.00 bits per heavy atom. The van der Waals surface area contributed by atoms with E-state index in [2.05, 4.69) is 24.4 Å². The van der Waals surface area contributed by atoms with Crippen LogP contribution in [-0.4, -0.2) is 24.2 Å². The van der Waals surface area contributed by atoms with Crippen molar-refractivity contribution in [2.45, 2.75) is 19.3 Å². The van der Waals surface area contributed by atoms with E-state index in [9.17, 15) is 4.79 Å². The lowest BCUT2D eigenvalue weighted by Crippen LogP contribution is -2.20. The molecule has 2 rings (SSSR count). The molecule has 82 valence electrons. The van der Waals surface area contributed by atoms with Crippen LogP contribution in [0.2, 0.25) is 0 Å². The summed E-state index contributed by atoms with van der Waals surface area (Å²) < 4.78 is 0. The first-order valence-corrected chi connectivity index (χ1v) is 6.06. The third-order valence-corrected chi connectivity index (χ3v) is 4.29. The van der Waals surface area contributed by atoms with Crippen LogP contribution in [0.3, 0.4) is 0 Å². The van der Waals surface area contributed by atoms with Gasteiger partial charge in [0.1, 0.15) is 0 Å². The first-order chi connectivity index (χ1) is 7.22. The van der Waals surface area contributed by atoms with Gasteiger partial charge in [0.2, 0.25) is 0 Å². The van der Waals surface area contributed by atoms with E-state index in [1.807, 2.05) is 0 Å². The molecule has 0 spiro atoms. The summed E-state index contributed by atoms with van der Waals surface area (Å²) in [5.74, 6) is -0.780. The van der Waals surface area contributed by atoms with Gasteiger partial charge in [0, 0.05) is 28.8 Å². The molecule has 4 heteroatoms. The highest BCUT2D eigenvalue weighted by Crippen LogP contribution is 2.33. The first-order valence-electron chi connectivity index (χ1n) is 5.24. The van der Waals surface area contributed by atoms with Crippen LogP contribution in [0.15, 0.2) is 12.1 Å². The van der Waals surface area contributed by atoms with Crippen molar-refractivity contribution in [3.63, 3.8) is 0 Å². The summed E-state index contributed by atoms with van der Waals surface area (Å²) >= 11 is 1.75. The van der Waals surface area contributed by atoms with Gasteiger partial charge in [-0.25, -0.2) is 0 Å². The van der Waals surface area contributed by atoms with E-state index in [4.69, 9.17) is 5.11 Å². The third kappa shape index (κ3) is 2.06. The van der Waals surface area contributed by atoms with Crippen LogP contribution in [0.25, 0.3) is 0 Å². The molecule has 1 aliphatic heterocycles. The van der Waals surface area contributed by atoms with Crippen LogP contribution < -0.4 is 5.32 Å². The maximum absolute atomic E-state index is 11.0. The molecule has 1 saturated heterocycles. The highest BCUT2D eigenvalue weighted by Gasteiger charge is 2.34. The number of thiophene rings is 1. The van der Waals surface area contributed by atoms with Gasteiger partial charge in [-0.2, -0.15) is 0 Å². The number of aryl methyl sites for hydroxylation is 1. The minimum absolute atomic E-state index is 0.160. The molecule has 15 heavy (non-hydrogen) atoms. The van der Waals surface area contributed by atoms with Gasteiger partial charge >= 0.3 is 5.97 Å². The second-order valence-corrected chi connectivity index (χ2v) is 5.07. The average molecular weight is 225 g/mol. The summed E-state index contributed by atoms with van der Waals surface area (Å²) in [6.07, 6.45) is 1.03. The Labute approximate surface area is 93.1 Å². The Morgan fingerprint density at radius 1 is 1.60 bits per heavy atom. The molecule has 0 radical (unpaired) electrons. The molecule has 2 N–H and O–H groups in total. The Balaban J connectivity index is 2.18. The fourth-order valence-corrected chi connectivity index (χ4v) is 3.14. The number of carboxylic acid groups (broad SMARTS) is 1. The molecule has 0 amide bonds. The molecule has 2 unspecified atom stereocenters. The van der Waals surface area contributed by atoms with Gasteiger partial charge in [-0.05, 0) is 18.6 Å². The minimum atomic E-state index is -0.684. The fraction of sp³-hybridized carbons (Fsp3) is 0.545. The number of hydrogen-bond acceptors (Lipinski definition) is 3. The number of hydrogen-bond donors (Lipinski definition) is 2. The maximum Gasteiger partial charge on any atom is 0.308 e. The molecule has 0 aromatic carbocycles. The zero-order valence-electron chi connectivity index (χ0n) is 8.69. The number of aliphatic carboxylic acids is 1. The molecule has 1 aromatic rings. The predicted octanol–water partition coefficient (Wildman–Crippen LogP) is 1.70. The molecule has 0 saturated carbocycles. The van der Waals surface area contributed by atoms with E-state index in [0.29, 0.717) is 6.54 Å². The summed E-state index contributed by atoms with van der Waals surface area (Å²) in [6, 6.07) is 4.19. The molecule has 3 nitrogen and oxygen atoms in total. The van der Waals surface area contributed by atoms with Crippen LogP contribution in [-0.2, 0) is 11.2 Å². The van der Waals surface area contributed by atoms with Gasteiger partial charge in [-0.1, -0.05) is 6.92 Å². The molecule has 2 heterocycles. The standard InChI is InChI=1S/C11H15NO2S/c1-2-7-3-4-10(15-7)8-5-12-6-9(8)11(13)14/h3-4,8-9,12H,2,5-6H2,1H3,(H,13,14). The van der Waals surface area contributed by atoms with Gasteiger partial charge in [-0.15, -0.1) is 11.3 Å². The molecular formula is C11H15NO2S. The summed E-state index contributed by atoms with van der Waals surface area (Å²) in [5, 5.41) is 12.2. The Kier molecular flexibility index (Phi) is 3.07. The van der Waals surface area contributed by atoms with Crippen molar-refractivity contribution in [3.8, 4) is 0 Å². The summed E-state index contributed by atoms with van der Waals surface area (Å²) in [6.45, 7) is 3.51. The topological polar surface area (TPSA) is 49.3 Å². The van der Waals surface area contributed by atoms with Gasteiger partial charge in [0.05, 0.1) is 5.92 Å². The summed E-state index contributed by atoms with van der Waals surface area (Å²) in [4.78, 5) is 13.6. The normalized spacial score (nSPS) is 25.7. The van der Waals surface area contributed by atoms with E-state index >= 15 is 0 Å². The predicted molar refractivity (Wildman–Crippen MR) is 60.4 cm³/mol. The van der Waals surface area contributed by atoms with Crippen molar-refractivity contribution in [1.29, 1.82) is 0 Å². The van der Waals surface area contributed by atoms with Crippen molar-refractivity contribution < 1.29 is 9.90 Å². The SMILES string of the molecule is CCc1ccc(C2CNCC2C(=O)O)s1. The molecule has 2 atom stereocenters. The number of nitrogens with one attached hydrogen (secondary N) is 1. The van der Waals surface area contributed by atoms with E-state index < -0.39 is 5.97 Å². The van der Waals surface area contributed by atoms with Crippen LogP contribution >= 0.6 is 11.3 Å². The highest BCUT2D eigenvalue weighted by atomic mass is 32.1. The lowest BCUT2D eigenvalue weighted by atomic mass is 9.95. The molecule has 1 fully saturated rings. The van der Waals surface area contributed by atoms with Gasteiger partial charge in [0.25, 0.3) is 0 Å². The second kappa shape index (κ2) is 4.33. The lowest BCUT2D eigenvalue weighted by molar-refractivity contribution is -0.141. The lowest BCUT2D eigenvalue weighted by Gasteiger charge is -2.12. The van der Waals surface area contributed by atoms with Gasteiger partial charge in [-0.3, -0.25) is 4.79 Å². The molecule has 1 aromatic heterocycles. The van der Waals surface area contributed by atoms with E-state index in [-0.39, 0.29) is 11.8 Å². The quantitative estimate of drug-likeness (QED) is 0.823. The van der Waals surface area contributed by atoms with E-state index in [1.54, 1.807) is 11.3 Å². The largest absolute Gasteiger partial charge is 0.481 e. The van der Waals surface area contributed by atoms with Crippen LogP contribution in [0.4, 0.5) is 0 Å². The van der Waals surface area contributed by atoms with Crippen molar-refractivity contribution in [3.05, 3.63) is 21.9 Å². The molecule has 0 bridgehead atoms. The number of carboxylic acids is 1. The van der Waals surface area contributed by atoms with Crippen LogP contribution in [0.5, 0.6) is 0 Å². The third-order valence-electron chi connectivity index (χ3n) is 2.93. The number of carbonyl (C=O) groups is 1. The average Bonchev–Trinajstić information content (AvgIpc) is 2.85. The van der Waals surface area contributed by atoms with Crippen LogP contribution in [0.1, 0.15) is 22.6 Å². The highest BCUT2D eigenvalue weighted by molar-refractivity contribution is 7.12. The number of rotatable bonds is 3. The minimum Gasteiger partial charge on any atom is -0.481 e. The summed E-state index contributed by atoms with van der Waals surface area (Å²) in [5.41, 5.74) is 0. The van der Waals surface area contributed by atoms with Gasteiger partial charge in [0.15, 0.2) is 0 Å². The zero-order chi connectivity index (χ0) is 10.8. The van der Waals surface area contributed by atoms with Crippen molar-refractivity contribution in [2.75, 3.05) is 13.1 Å². The zero-order valence-corrected chi connectivity index (χ0v) is 9.51. The fourth-order valence-electron chi connectivity index (χ4n) is 2.02.